The number of aryl methyl sites for hydroxylation is 2. The minimum absolute atomic E-state index is 0.158. The van der Waals surface area contributed by atoms with Crippen molar-refractivity contribution in [3.63, 3.8) is 0 Å². The first kappa shape index (κ1) is 22.3. The van der Waals surface area contributed by atoms with Gasteiger partial charge in [0.25, 0.3) is 5.91 Å². The lowest BCUT2D eigenvalue weighted by molar-refractivity contribution is -0.128. The minimum Gasteiger partial charge on any atom is -0.481 e. The zero-order valence-electron chi connectivity index (χ0n) is 18.0. The van der Waals surface area contributed by atoms with E-state index in [1.807, 2.05) is 19.9 Å². The summed E-state index contributed by atoms with van der Waals surface area (Å²) in [6.45, 7) is 3.92. The van der Waals surface area contributed by atoms with Crippen LogP contribution in [0.15, 0.2) is 47.4 Å². The summed E-state index contributed by atoms with van der Waals surface area (Å²) in [7, 11) is -3.24. The summed E-state index contributed by atoms with van der Waals surface area (Å²) in [5, 5.41) is 3.06. The van der Waals surface area contributed by atoms with E-state index in [9.17, 15) is 13.2 Å². The number of hydrogen-bond donors (Lipinski definition) is 1. The number of hydrogen-bond acceptors (Lipinski definition) is 4. The van der Waals surface area contributed by atoms with Gasteiger partial charge in [0.15, 0.2) is 15.9 Å². The van der Waals surface area contributed by atoms with Crippen molar-refractivity contribution in [2.75, 3.05) is 6.26 Å². The fourth-order valence-electron chi connectivity index (χ4n) is 3.90. The second kappa shape index (κ2) is 9.65. The number of sulfone groups is 1. The van der Waals surface area contributed by atoms with Gasteiger partial charge in [-0.05, 0) is 79.5 Å². The van der Waals surface area contributed by atoms with Crippen molar-refractivity contribution >= 4 is 15.7 Å². The lowest BCUT2D eigenvalue weighted by Crippen LogP contribution is -2.40. The fourth-order valence-corrected chi connectivity index (χ4v) is 4.53. The molecule has 3 rings (SSSR count). The van der Waals surface area contributed by atoms with Crippen LogP contribution in [0.4, 0.5) is 0 Å². The molecule has 0 aromatic heterocycles. The Morgan fingerprint density at radius 1 is 1.00 bits per heavy atom. The lowest BCUT2D eigenvalue weighted by atomic mass is 9.92. The minimum atomic E-state index is -3.24. The van der Waals surface area contributed by atoms with Crippen LogP contribution in [0.1, 0.15) is 62.3 Å². The van der Waals surface area contributed by atoms with Gasteiger partial charge in [0, 0.05) is 6.26 Å². The molecule has 2 aromatic carbocycles. The molecule has 1 aliphatic rings. The van der Waals surface area contributed by atoms with Crippen LogP contribution in [0, 0.1) is 0 Å². The second-order valence-corrected chi connectivity index (χ2v) is 9.98. The maximum Gasteiger partial charge on any atom is 0.261 e. The molecule has 6 heteroatoms. The number of nitrogens with one attached hydrogen (secondary N) is 1. The van der Waals surface area contributed by atoms with Crippen molar-refractivity contribution in [1.29, 1.82) is 0 Å². The first-order valence-electron chi connectivity index (χ1n) is 10.7. The van der Waals surface area contributed by atoms with Gasteiger partial charge in [-0.15, -0.1) is 0 Å². The van der Waals surface area contributed by atoms with Crippen LogP contribution in [0.2, 0.25) is 0 Å². The van der Waals surface area contributed by atoms with Crippen molar-refractivity contribution in [3.8, 4) is 5.75 Å². The average molecular weight is 430 g/mol. The first-order chi connectivity index (χ1) is 14.3. The molecule has 162 valence electrons. The van der Waals surface area contributed by atoms with Crippen LogP contribution >= 0.6 is 0 Å². The highest BCUT2D eigenvalue weighted by Crippen LogP contribution is 2.26. The Hall–Kier alpha value is -2.34. The monoisotopic (exact) mass is 429 g/mol. The maximum atomic E-state index is 12.9. The summed E-state index contributed by atoms with van der Waals surface area (Å²) in [6.07, 6.45) is 6.48. The number of fused-ring (bicyclic) bond motifs is 1. The molecule has 0 saturated heterocycles. The van der Waals surface area contributed by atoms with Crippen molar-refractivity contribution in [2.24, 2.45) is 0 Å². The Balaban J connectivity index is 1.68. The first-order valence-corrected chi connectivity index (χ1v) is 12.6. The summed E-state index contributed by atoms with van der Waals surface area (Å²) < 4.78 is 29.4. The van der Waals surface area contributed by atoms with E-state index in [0.29, 0.717) is 12.8 Å². The normalized spacial score (nSPS) is 15.7. The van der Waals surface area contributed by atoms with Gasteiger partial charge in [-0.3, -0.25) is 4.79 Å². The second-order valence-electron chi connectivity index (χ2n) is 7.96. The number of carbonyl (C=O) groups is 1. The van der Waals surface area contributed by atoms with Crippen molar-refractivity contribution in [1.82, 2.24) is 5.32 Å². The number of carbonyl (C=O) groups excluding carboxylic acids is 1. The molecular weight excluding hydrogens is 398 g/mol. The number of benzene rings is 2. The van der Waals surface area contributed by atoms with E-state index < -0.39 is 15.9 Å². The third-order valence-electron chi connectivity index (χ3n) is 5.70. The Bertz CT molecular complexity index is 983. The predicted octanol–water partition coefficient (Wildman–Crippen LogP) is 4.39. The average Bonchev–Trinajstić information content (AvgIpc) is 2.75. The summed E-state index contributed by atoms with van der Waals surface area (Å²) in [5.41, 5.74) is 3.59. The van der Waals surface area contributed by atoms with Gasteiger partial charge in [-0.2, -0.15) is 0 Å². The third-order valence-corrected chi connectivity index (χ3v) is 6.83. The summed E-state index contributed by atoms with van der Waals surface area (Å²) in [4.78, 5) is 13.2. The van der Waals surface area contributed by atoms with Crippen LogP contribution < -0.4 is 10.1 Å². The zero-order chi connectivity index (χ0) is 21.7. The Morgan fingerprint density at radius 2 is 1.67 bits per heavy atom. The third kappa shape index (κ3) is 5.42. The van der Waals surface area contributed by atoms with Crippen LogP contribution in [0.25, 0.3) is 0 Å². The lowest BCUT2D eigenvalue weighted by Gasteiger charge is -2.23. The summed E-state index contributed by atoms with van der Waals surface area (Å²) in [6, 6.07) is 12.6. The van der Waals surface area contributed by atoms with Gasteiger partial charge in [-0.25, -0.2) is 8.42 Å². The van der Waals surface area contributed by atoms with Crippen LogP contribution in [0.3, 0.4) is 0 Å². The van der Waals surface area contributed by atoms with Gasteiger partial charge in [0.1, 0.15) is 5.75 Å². The molecule has 0 radical (unpaired) electrons. The van der Waals surface area contributed by atoms with E-state index in [-0.39, 0.29) is 16.8 Å². The number of ether oxygens (including phenoxy) is 1. The topological polar surface area (TPSA) is 72.5 Å². The quantitative estimate of drug-likeness (QED) is 0.675. The SMILES string of the molecule is CC[C@@H](Oc1ccc2c(c1)CCCC2)C(=O)N[C@H](CC)c1ccc(S(C)(=O)=O)cc1. The molecule has 0 aliphatic heterocycles. The van der Waals surface area contributed by atoms with E-state index in [4.69, 9.17) is 4.74 Å². The molecule has 5 nitrogen and oxygen atoms in total. The van der Waals surface area contributed by atoms with E-state index in [1.54, 1.807) is 24.3 Å². The Morgan fingerprint density at radius 3 is 2.27 bits per heavy atom. The molecule has 30 heavy (non-hydrogen) atoms. The van der Waals surface area contributed by atoms with Crippen LogP contribution in [-0.4, -0.2) is 26.7 Å². The molecule has 1 aliphatic carbocycles. The van der Waals surface area contributed by atoms with E-state index in [2.05, 4.69) is 17.4 Å². The smallest absolute Gasteiger partial charge is 0.261 e. The molecule has 0 spiro atoms. The number of amides is 1. The standard InChI is InChI=1S/C24H31NO4S/c1-4-22(18-11-14-21(15-12-18)30(3,27)28)25-24(26)23(5-2)29-20-13-10-17-8-6-7-9-19(17)16-20/h10-16,22-23H,4-9H2,1-3H3,(H,25,26)/t22-,23-/m1/s1. The zero-order valence-corrected chi connectivity index (χ0v) is 18.8. The Kier molecular flexibility index (Phi) is 7.19. The van der Waals surface area contributed by atoms with Gasteiger partial charge < -0.3 is 10.1 Å². The van der Waals surface area contributed by atoms with Crippen LogP contribution in [0.5, 0.6) is 5.75 Å². The molecule has 0 unspecified atom stereocenters. The number of rotatable bonds is 8. The van der Waals surface area contributed by atoms with E-state index >= 15 is 0 Å². The van der Waals surface area contributed by atoms with Gasteiger partial charge >= 0.3 is 0 Å². The van der Waals surface area contributed by atoms with E-state index in [0.717, 1.165) is 24.2 Å². The van der Waals surface area contributed by atoms with Gasteiger partial charge in [0.2, 0.25) is 0 Å². The van der Waals surface area contributed by atoms with E-state index in [1.165, 1.54) is 30.2 Å². The van der Waals surface area contributed by atoms with Crippen LogP contribution in [-0.2, 0) is 27.5 Å². The summed E-state index contributed by atoms with van der Waals surface area (Å²) >= 11 is 0. The highest BCUT2D eigenvalue weighted by Gasteiger charge is 2.23. The van der Waals surface area contributed by atoms with Crippen molar-refractivity contribution in [2.45, 2.75) is 69.4 Å². The van der Waals surface area contributed by atoms with Crippen molar-refractivity contribution < 1.29 is 17.9 Å². The molecule has 2 aromatic rings. The molecule has 2 atom stereocenters. The Labute approximate surface area is 179 Å². The molecule has 1 amide bonds. The molecular formula is C24H31NO4S. The maximum absolute atomic E-state index is 12.9. The molecule has 0 saturated carbocycles. The van der Waals surface area contributed by atoms with Gasteiger partial charge in [-0.1, -0.05) is 32.0 Å². The molecule has 0 bridgehead atoms. The van der Waals surface area contributed by atoms with Gasteiger partial charge in [0.05, 0.1) is 10.9 Å². The van der Waals surface area contributed by atoms with Crippen molar-refractivity contribution in [3.05, 3.63) is 59.2 Å². The highest BCUT2D eigenvalue weighted by molar-refractivity contribution is 7.90. The molecule has 0 heterocycles. The largest absolute Gasteiger partial charge is 0.481 e. The fraction of sp³-hybridized carbons (Fsp3) is 0.458. The predicted molar refractivity (Wildman–Crippen MR) is 119 cm³/mol. The molecule has 0 fully saturated rings. The molecule has 1 N–H and O–H groups in total. The summed E-state index contributed by atoms with van der Waals surface area (Å²) in [5.74, 6) is 0.581. The highest BCUT2D eigenvalue weighted by atomic mass is 32.2.